The molecule has 11 heteroatoms. The van der Waals surface area contributed by atoms with Gasteiger partial charge >= 0.3 is 0 Å². The number of hydrogen-bond donors (Lipinski definition) is 2. The van der Waals surface area contributed by atoms with E-state index in [0.29, 0.717) is 34.3 Å². The van der Waals surface area contributed by atoms with Crippen molar-refractivity contribution in [1.82, 2.24) is 19.5 Å². The van der Waals surface area contributed by atoms with E-state index in [0.717, 1.165) is 29.7 Å². The number of rotatable bonds is 11. The Hall–Kier alpha value is -4.77. The fourth-order valence-electron chi connectivity index (χ4n) is 4.03. The Labute approximate surface area is 220 Å². The van der Waals surface area contributed by atoms with Crippen LogP contribution >= 0.6 is 0 Å². The van der Waals surface area contributed by atoms with Crippen molar-refractivity contribution < 1.29 is 9.53 Å². The van der Waals surface area contributed by atoms with E-state index >= 15 is 0 Å². The van der Waals surface area contributed by atoms with E-state index in [9.17, 15) is 9.70 Å². The first-order valence-electron chi connectivity index (χ1n) is 11.9. The van der Waals surface area contributed by atoms with Crippen LogP contribution in [0.25, 0.3) is 22.2 Å². The maximum Gasteiger partial charge on any atom is 0.247 e. The average Bonchev–Trinajstić information content (AvgIpc) is 3.31. The molecule has 4 rings (SSSR count). The molecule has 0 unspecified atom stereocenters. The molecule has 2 N–H and O–H groups in total. The number of anilines is 4. The SMILES string of the molecule is C=CC(=O)Nc1cc(Nc2nccc(-c3cn(N=O)c4ccccc34)n2)c(OC)cc1N(C)CCN(C)C. The highest BCUT2D eigenvalue weighted by Crippen LogP contribution is 2.38. The number of para-hydroxylation sites is 1. The highest BCUT2D eigenvalue weighted by molar-refractivity contribution is 6.02. The molecule has 0 aliphatic heterocycles. The molecule has 0 radical (unpaired) electrons. The number of benzene rings is 2. The second-order valence-electron chi connectivity index (χ2n) is 8.86. The summed E-state index contributed by atoms with van der Waals surface area (Å²) in [5, 5.41) is 10.0. The Bertz CT molecular complexity index is 1480. The summed E-state index contributed by atoms with van der Waals surface area (Å²) in [4.78, 5) is 36.7. The lowest BCUT2D eigenvalue weighted by Gasteiger charge is -2.26. The van der Waals surface area contributed by atoms with Crippen molar-refractivity contribution >= 4 is 39.8 Å². The number of nitrogens with zero attached hydrogens (tertiary/aromatic N) is 6. The van der Waals surface area contributed by atoms with Gasteiger partial charge in [0.2, 0.25) is 11.9 Å². The minimum Gasteiger partial charge on any atom is -0.494 e. The smallest absolute Gasteiger partial charge is 0.247 e. The van der Waals surface area contributed by atoms with Gasteiger partial charge in [0.05, 0.1) is 40.7 Å². The van der Waals surface area contributed by atoms with Crippen molar-refractivity contribution in [3.8, 4) is 17.0 Å². The normalized spacial score (nSPS) is 10.9. The van der Waals surface area contributed by atoms with Crippen molar-refractivity contribution in [3.63, 3.8) is 0 Å². The van der Waals surface area contributed by atoms with Crippen LogP contribution in [0.5, 0.6) is 5.75 Å². The maximum atomic E-state index is 12.2. The zero-order valence-corrected chi connectivity index (χ0v) is 21.8. The van der Waals surface area contributed by atoms with Gasteiger partial charge in [0, 0.05) is 49.5 Å². The lowest BCUT2D eigenvalue weighted by atomic mass is 10.1. The monoisotopic (exact) mass is 514 g/mol. The van der Waals surface area contributed by atoms with E-state index in [1.165, 1.54) is 10.8 Å². The van der Waals surface area contributed by atoms with Gasteiger partial charge in [-0.3, -0.25) is 4.79 Å². The fourth-order valence-corrected chi connectivity index (χ4v) is 4.03. The molecule has 4 aromatic rings. The van der Waals surface area contributed by atoms with Crippen LogP contribution in [0.2, 0.25) is 0 Å². The summed E-state index contributed by atoms with van der Waals surface area (Å²) < 4.78 is 6.95. The Balaban J connectivity index is 1.72. The van der Waals surface area contributed by atoms with Gasteiger partial charge in [0.25, 0.3) is 0 Å². The third kappa shape index (κ3) is 5.62. The van der Waals surface area contributed by atoms with Crippen LogP contribution in [-0.2, 0) is 4.79 Å². The summed E-state index contributed by atoms with van der Waals surface area (Å²) in [5.74, 6) is 0.525. The third-order valence-corrected chi connectivity index (χ3v) is 6.01. The summed E-state index contributed by atoms with van der Waals surface area (Å²) in [6.07, 6.45) is 4.49. The predicted molar refractivity (Wildman–Crippen MR) is 151 cm³/mol. The topological polar surface area (TPSA) is 117 Å². The van der Waals surface area contributed by atoms with Crippen molar-refractivity contribution in [2.45, 2.75) is 0 Å². The zero-order valence-electron chi connectivity index (χ0n) is 21.8. The number of carbonyl (C=O) groups is 1. The number of amides is 1. The van der Waals surface area contributed by atoms with Crippen LogP contribution in [0.3, 0.4) is 0 Å². The third-order valence-electron chi connectivity index (χ3n) is 6.01. The average molecular weight is 515 g/mol. The van der Waals surface area contributed by atoms with Crippen molar-refractivity contribution in [2.24, 2.45) is 5.29 Å². The van der Waals surface area contributed by atoms with Gasteiger partial charge in [-0.25, -0.2) is 14.6 Å². The Morgan fingerprint density at radius 3 is 2.66 bits per heavy atom. The molecule has 196 valence electrons. The lowest BCUT2D eigenvalue weighted by Crippen LogP contribution is -2.29. The number of fused-ring (bicyclic) bond motifs is 1. The number of nitroso groups, excluding NO2 is 1. The second kappa shape index (κ2) is 11.5. The summed E-state index contributed by atoms with van der Waals surface area (Å²) in [6, 6.07) is 12.9. The second-order valence-corrected chi connectivity index (χ2v) is 8.86. The molecule has 0 bridgehead atoms. The van der Waals surface area contributed by atoms with E-state index < -0.39 is 0 Å². The molecule has 0 atom stereocenters. The summed E-state index contributed by atoms with van der Waals surface area (Å²) in [5.41, 5.74) is 3.97. The molecule has 2 aromatic carbocycles. The maximum absolute atomic E-state index is 12.2. The van der Waals surface area contributed by atoms with Gasteiger partial charge in [0.1, 0.15) is 5.75 Å². The largest absolute Gasteiger partial charge is 0.494 e. The number of likely N-dealkylation sites (N-methyl/N-ethyl adjacent to an activating group) is 2. The summed E-state index contributed by atoms with van der Waals surface area (Å²) >= 11 is 0. The number of methoxy groups -OCH3 is 1. The number of hydrogen-bond acceptors (Lipinski definition) is 9. The number of aromatic nitrogens is 3. The Morgan fingerprint density at radius 2 is 1.95 bits per heavy atom. The van der Waals surface area contributed by atoms with E-state index in [-0.39, 0.29) is 5.91 Å². The lowest BCUT2D eigenvalue weighted by molar-refractivity contribution is -0.111. The van der Waals surface area contributed by atoms with Crippen LogP contribution in [0.1, 0.15) is 0 Å². The molecule has 0 saturated heterocycles. The van der Waals surface area contributed by atoms with Crippen LogP contribution in [-0.4, -0.2) is 66.8 Å². The molecule has 0 fully saturated rings. The summed E-state index contributed by atoms with van der Waals surface area (Å²) in [6.45, 7) is 5.12. The van der Waals surface area contributed by atoms with Gasteiger partial charge in [-0.2, -0.15) is 0 Å². The minimum atomic E-state index is -0.332. The molecular formula is C27H30N8O3. The molecule has 38 heavy (non-hydrogen) atoms. The van der Waals surface area contributed by atoms with Crippen molar-refractivity contribution in [2.75, 3.05) is 56.9 Å². The minimum absolute atomic E-state index is 0.311. The first-order valence-corrected chi connectivity index (χ1v) is 11.9. The fraction of sp³-hybridized carbons (Fsp3) is 0.222. The highest BCUT2D eigenvalue weighted by atomic mass is 16.5. The first kappa shape index (κ1) is 26.3. The molecule has 2 heterocycles. The number of carbonyl (C=O) groups excluding carboxylic acids is 1. The quantitative estimate of drug-likeness (QED) is 0.222. The van der Waals surface area contributed by atoms with Crippen LogP contribution < -0.4 is 20.3 Å². The summed E-state index contributed by atoms with van der Waals surface area (Å²) in [7, 11) is 7.53. The predicted octanol–water partition coefficient (Wildman–Crippen LogP) is 4.50. The standard InChI is InChI=1S/C27H30N8O3/c1-6-26(36)29-21-15-22(25(38-5)16-24(21)34(4)14-13-33(2)3)31-27-28-12-11-20(30-27)19-17-35(32-37)23-10-8-7-9-18(19)23/h6-12,15-17H,1,13-14H2,2-5H3,(H,29,36)(H,28,30,31). The van der Waals surface area contributed by atoms with E-state index in [4.69, 9.17) is 4.74 Å². The molecule has 0 aliphatic carbocycles. The number of ether oxygens (including phenoxy) is 1. The zero-order chi connectivity index (χ0) is 27.2. The first-order chi connectivity index (χ1) is 18.3. The Kier molecular flexibility index (Phi) is 7.97. The molecule has 0 spiro atoms. The Morgan fingerprint density at radius 1 is 1.16 bits per heavy atom. The van der Waals surface area contributed by atoms with E-state index in [2.05, 4.69) is 37.4 Å². The van der Waals surface area contributed by atoms with Crippen LogP contribution in [0.4, 0.5) is 23.0 Å². The molecule has 0 aliphatic rings. The highest BCUT2D eigenvalue weighted by Gasteiger charge is 2.17. The van der Waals surface area contributed by atoms with Gasteiger partial charge in [-0.1, -0.05) is 24.8 Å². The molecule has 1 amide bonds. The molecular weight excluding hydrogens is 484 g/mol. The van der Waals surface area contributed by atoms with Crippen LogP contribution in [0.15, 0.2) is 72.8 Å². The molecule has 11 nitrogen and oxygen atoms in total. The molecule has 0 saturated carbocycles. The van der Waals surface area contributed by atoms with Crippen molar-refractivity contribution in [3.05, 3.63) is 72.4 Å². The van der Waals surface area contributed by atoms with Crippen molar-refractivity contribution in [1.29, 1.82) is 0 Å². The van der Waals surface area contributed by atoms with Gasteiger partial charge in [0.15, 0.2) is 0 Å². The van der Waals surface area contributed by atoms with E-state index in [1.54, 1.807) is 31.6 Å². The van der Waals surface area contributed by atoms with Gasteiger partial charge < -0.3 is 25.2 Å². The molecule has 2 aromatic heterocycles. The van der Waals surface area contributed by atoms with E-state index in [1.807, 2.05) is 56.4 Å². The van der Waals surface area contributed by atoms with Crippen LogP contribution in [0, 0.1) is 4.91 Å². The number of nitrogens with one attached hydrogen (secondary N) is 2. The van der Waals surface area contributed by atoms with Gasteiger partial charge in [-0.05, 0) is 38.4 Å². The van der Waals surface area contributed by atoms with Gasteiger partial charge in [-0.15, -0.1) is 4.91 Å².